The standard InChI is InChI=1S/C21H30O3/c1-3-5-6-7-8-9-13-19(22)14-11-10-12-18-15-16-20(23)21(17-18)24-4-2/h10-12,14-17,23H,3-9,13H2,1-2H3. The van der Waals surface area contributed by atoms with E-state index in [1.807, 2.05) is 19.1 Å². The van der Waals surface area contributed by atoms with Crippen LogP contribution in [0, 0.1) is 0 Å². The molecule has 1 rings (SSSR count). The van der Waals surface area contributed by atoms with E-state index in [0.717, 1.165) is 18.4 Å². The number of carbonyl (C=O) groups excluding carboxylic acids is 1. The van der Waals surface area contributed by atoms with E-state index < -0.39 is 0 Å². The molecule has 0 aliphatic rings. The average molecular weight is 330 g/mol. The van der Waals surface area contributed by atoms with Crippen LogP contribution in [0.3, 0.4) is 0 Å². The second-order valence-corrected chi connectivity index (χ2v) is 5.86. The molecule has 0 unspecified atom stereocenters. The van der Waals surface area contributed by atoms with Gasteiger partial charge in [-0.15, -0.1) is 0 Å². The minimum absolute atomic E-state index is 0.138. The van der Waals surface area contributed by atoms with Gasteiger partial charge in [0.1, 0.15) is 0 Å². The molecule has 24 heavy (non-hydrogen) atoms. The van der Waals surface area contributed by atoms with Crippen molar-refractivity contribution in [3.05, 3.63) is 42.0 Å². The van der Waals surface area contributed by atoms with Gasteiger partial charge in [-0.1, -0.05) is 63.3 Å². The summed E-state index contributed by atoms with van der Waals surface area (Å²) in [6.07, 6.45) is 14.9. The summed E-state index contributed by atoms with van der Waals surface area (Å²) >= 11 is 0. The smallest absolute Gasteiger partial charge is 0.161 e. The number of rotatable bonds is 12. The summed E-state index contributed by atoms with van der Waals surface area (Å²) in [6.45, 7) is 4.59. The zero-order valence-electron chi connectivity index (χ0n) is 15.0. The number of ketones is 1. The Balaban J connectivity index is 2.34. The number of ether oxygens (including phenoxy) is 1. The molecule has 0 aliphatic heterocycles. The number of allylic oxidation sites excluding steroid dienone is 3. The van der Waals surface area contributed by atoms with Crippen molar-refractivity contribution in [2.24, 2.45) is 0 Å². The second-order valence-electron chi connectivity index (χ2n) is 5.86. The minimum atomic E-state index is 0.138. The van der Waals surface area contributed by atoms with Gasteiger partial charge in [0, 0.05) is 6.42 Å². The Hall–Kier alpha value is -2.03. The Morgan fingerprint density at radius 2 is 1.83 bits per heavy atom. The summed E-state index contributed by atoms with van der Waals surface area (Å²) in [6, 6.07) is 5.19. The molecule has 0 aromatic heterocycles. The van der Waals surface area contributed by atoms with Gasteiger partial charge in [0.15, 0.2) is 17.3 Å². The molecule has 0 bridgehead atoms. The highest BCUT2D eigenvalue weighted by atomic mass is 16.5. The molecular formula is C21H30O3. The largest absolute Gasteiger partial charge is 0.504 e. The van der Waals surface area contributed by atoms with Gasteiger partial charge < -0.3 is 9.84 Å². The maximum Gasteiger partial charge on any atom is 0.161 e. The van der Waals surface area contributed by atoms with Crippen molar-refractivity contribution in [3.8, 4) is 11.5 Å². The van der Waals surface area contributed by atoms with Crippen molar-refractivity contribution in [2.45, 2.75) is 58.8 Å². The Labute approximate surface area is 146 Å². The fourth-order valence-electron chi connectivity index (χ4n) is 2.40. The molecule has 0 spiro atoms. The minimum Gasteiger partial charge on any atom is -0.504 e. The Morgan fingerprint density at radius 3 is 2.58 bits per heavy atom. The number of phenols is 1. The van der Waals surface area contributed by atoms with Crippen LogP contribution in [-0.2, 0) is 4.79 Å². The van der Waals surface area contributed by atoms with Gasteiger partial charge in [-0.3, -0.25) is 4.79 Å². The van der Waals surface area contributed by atoms with Crippen LogP contribution in [-0.4, -0.2) is 17.5 Å². The van der Waals surface area contributed by atoms with Crippen molar-refractivity contribution < 1.29 is 14.6 Å². The van der Waals surface area contributed by atoms with Crippen LogP contribution < -0.4 is 4.74 Å². The van der Waals surface area contributed by atoms with Gasteiger partial charge in [0.2, 0.25) is 0 Å². The number of unbranched alkanes of at least 4 members (excludes halogenated alkanes) is 5. The zero-order valence-corrected chi connectivity index (χ0v) is 15.0. The molecule has 1 aromatic carbocycles. The summed E-state index contributed by atoms with van der Waals surface area (Å²) in [5.74, 6) is 0.789. The first-order chi connectivity index (χ1) is 11.7. The fraction of sp³-hybridized carbons (Fsp3) is 0.476. The highest BCUT2D eigenvalue weighted by molar-refractivity contribution is 5.89. The van der Waals surface area contributed by atoms with Crippen molar-refractivity contribution in [1.82, 2.24) is 0 Å². The van der Waals surface area contributed by atoms with Gasteiger partial charge in [0.05, 0.1) is 6.61 Å². The summed E-state index contributed by atoms with van der Waals surface area (Å²) in [5, 5.41) is 9.65. The Morgan fingerprint density at radius 1 is 1.08 bits per heavy atom. The summed E-state index contributed by atoms with van der Waals surface area (Å²) in [5.41, 5.74) is 0.921. The van der Waals surface area contributed by atoms with E-state index in [1.54, 1.807) is 30.4 Å². The highest BCUT2D eigenvalue weighted by Crippen LogP contribution is 2.27. The van der Waals surface area contributed by atoms with Crippen molar-refractivity contribution in [3.63, 3.8) is 0 Å². The van der Waals surface area contributed by atoms with Gasteiger partial charge in [-0.05, 0) is 37.1 Å². The summed E-state index contributed by atoms with van der Waals surface area (Å²) in [7, 11) is 0. The molecule has 1 aromatic rings. The summed E-state index contributed by atoms with van der Waals surface area (Å²) in [4.78, 5) is 11.8. The van der Waals surface area contributed by atoms with Crippen molar-refractivity contribution in [1.29, 1.82) is 0 Å². The first kappa shape index (κ1) is 20.0. The first-order valence-corrected chi connectivity index (χ1v) is 9.00. The van der Waals surface area contributed by atoms with Gasteiger partial charge in [-0.2, -0.15) is 0 Å². The van der Waals surface area contributed by atoms with E-state index in [9.17, 15) is 9.90 Å². The van der Waals surface area contributed by atoms with E-state index in [0.29, 0.717) is 18.8 Å². The SMILES string of the molecule is CCCCCCCCC(=O)C=CC=Cc1ccc(O)c(OCC)c1. The van der Waals surface area contributed by atoms with Crippen molar-refractivity contribution in [2.75, 3.05) is 6.61 Å². The monoisotopic (exact) mass is 330 g/mol. The average Bonchev–Trinajstić information content (AvgIpc) is 2.58. The van der Waals surface area contributed by atoms with Crippen LogP contribution in [0.1, 0.15) is 64.4 Å². The lowest BCUT2D eigenvalue weighted by Gasteiger charge is -2.05. The molecule has 0 radical (unpaired) electrons. The molecule has 0 fully saturated rings. The van der Waals surface area contributed by atoms with E-state index in [2.05, 4.69) is 6.92 Å². The molecule has 0 aliphatic carbocycles. The summed E-state index contributed by atoms with van der Waals surface area (Å²) < 4.78 is 5.35. The number of phenolic OH excluding ortho intramolecular Hbond substituents is 1. The molecule has 132 valence electrons. The molecule has 3 nitrogen and oxygen atoms in total. The number of aromatic hydroxyl groups is 1. The van der Waals surface area contributed by atoms with Crippen molar-refractivity contribution >= 4 is 11.9 Å². The third-order valence-electron chi connectivity index (χ3n) is 3.74. The lowest BCUT2D eigenvalue weighted by molar-refractivity contribution is -0.114. The van der Waals surface area contributed by atoms with Crippen LogP contribution >= 0.6 is 0 Å². The second kappa shape index (κ2) is 12.4. The lowest BCUT2D eigenvalue weighted by Crippen LogP contribution is -1.92. The molecule has 0 atom stereocenters. The molecule has 0 heterocycles. The fourth-order valence-corrected chi connectivity index (χ4v) is 2.40. The van der Waals surface area contributed by atoms with Crippen LogP contribution in [0.4, 0.5) is 0 Å². The van der Waals surface area contributed by atoms with Gasteiger partial charge in [-0.25, -0.2) is 0 Å². The van der Waals surface area contributed by atoms with Crippen LogP contribution in [0.5, 0.6) is 11.5 Å². The highest BCUT2D eigenvalue weighted by Gasteiger charge is 2.01. The maximum atomic E-state index is 11.8. The van der Waals surface area contributed by atoms with E-state index in [4.69, 9.17) is 4.74 Å². The zero-order chi connectivity index (χ0) is 17.6. The Kier molecular flexibility index (Phi) is 10.3. The van der Waals surface area contributed by atoms with Gasteiger partial charge >= 0.3 is 0 Å². The molecule has 1 N–H and O–H groups in total. The number of hydrogen-bond acceptors (Lipinski definition) is 3. The van der Waals surface area contributed by atoms with Gasteiger partial charge in [0.25, 0.3) is 0 Å². The molecule has 0 saturated heterocycles. The molecule has 3 heteroatoms. The number of hydrogen-bond donors (Lipinski definition) is 1. The molecule has 0 amide bonds. The normalized spacial score (nSPS) is 11.4. The maximum absolute atomic E-state index is 11.8. The topological polar surface area (TPSA) is 46.5 Å². The van der Waals surface area contributed by atoms with Crippen LogP contribution in [0.15, 0.2) is 36.4 Å². The van der Waals surface area contributed by atoms with Crippen LogP contribution in [0.2, 0.25) is 0 Å². The lowest BCUT2D eigenvalue weighted by atomic mass is 10.1. The number of carbonyl (C=O) groups is 1. The molecule has 0 saturated carbocycles. The third-order valence-corrected chi connectivity index (χ3v) is 3.74. The third kappa shape index (κ3) is 8.56. The predicted molar refractivity (Wildman–Crippen MR) is 100 cm³/mol. The van der Waals surface area contributed by atoms with Crippen LogP contribution in [0.25, 0.3) is 6.08 Å². The quantitative estimate of drug-likeness (QED) is 0.305. The first-order valence-electron chi connectivity index (χ1n) is 9.00. The van der Waals surface area contributed by atoms with E-state index in [1.165, 1.54) is 25.7 Å². The predicted octanol–water partition coefficient (Wildman–Crippen LogP) is 5.68. The van der Waals surface area contributed by atoms with E-state index >= 15 is 0 Å². The molecular weight excluding hydrogens is 300 g/mol. The Bertz CT molecular complexity index is 544. The number of benzene rings is 1. The van der Waals surface area contributed by atoms with E-state index in [-0.39, 0.29) is 11.5 Å².